The summed E-state index contributed by atoms with van der Waals surface area (Å²) in [5.41, 5.74) is 6.43. The van der Waals surface area contributed by atoms with Crippen molar-refractivity contribution in [2.75, 3.05) is 5.73 Å². The zero-order valence-electron chi connectivity index (χ0n) is 8.85. The minimum absolute atomic E-state index is 0.217. The fraction of sp³-hybridized carbons (Fsp3) is 0. The highest BCUT2D eigenvalue weighted by Crippen LogP contribution is 2.33. The van der Waals surface area contributed by atoms with Crippen molar-refractivity contribution in [3.63, 3.8) is 0 Å². The lowest BCUT2D eigenvalue weighted by atomic mass is 10.1. The van der Waals surface area contributed by atoms with Gasteiger partial charge in [0.15, 0.2) is 11.6 Å². The molecule has 0 unspecified atom stereocenters. The van der Waals surface area contributed by atoms with Gasteiger partial charge in [0.2, 0.25) is 0 Å². The van der Waals surface area contributed by atoms with Gasteiger partial charge in [-0.1, -0.05) is 53.2 Å². The summed E-state index contributed by atoms with van der Waals surface area (Å²) in [6.07, 6.45) is 0. The largest absolute Gasteiger partial charge is 0.380 e. The van der Waals surface area contributed by atoms with Crippen molar-refractivity contribution in [2.45, 2.75) is 0 Å². The molecule has 3 rings (SSSR count). The van der Waals surface area contributed by atoms with Crippen LogP contribution in [-0.2, 0) is 0 Å². The Labute approximate surface area is 103 Å². The molecule has 0 atom stereocenters. The van der Waals surface area contributed by atoms with E-state index in [-0.39, 0.29) is 5.82 Å². The Morgan fingerprint density at radius 1 is 1.06 bits per heavy atom. The number of fused-ring (bicyclic) bond motifs is 1. The SMILES string of the molecule is Nc1noc(-c2ccc3ccccc3c2)c1Cl. The number of nitrogen functional groups attached to an aromatic ring is 1. The van der Waals surface area contributed by atoms with Crippen LogP contribution in [0.5, 0.6) is 0 Å². The normalized spacial score (nSPS) is 10.9. The highest BCUT2D eigenvalue weighted by Gasteiger charge is 2.13. The summed E-state index contributed by atoms with van der Waals surface area (Å²) in [5.74, 6) is 0.727. The second kappa shape index (κ2) is 3.79. The second-order valence-electron chi connectivity index (χ2n) is 3.77. The van der Waals surface area contributed by atoms with Crippen LogP contribution in [0.15, 0.2) is 47.0 Å². The fourth-order valence-corrected chi connectivity index (χ4v) is 1.98. The molecular formula is C13H9ClN2O. The third kappa shape index (κ3) is 1.65. The van der Waals surface area contributed by atoms with Gasteiger partial charge in [0.25, 0.3) is 0 Å². The summed E-state index contributed by atoms with van der Waals surface area (Å²) in [4.78, 5) is 0. The van der Waals surface area contributed by atoms with Crippen molar-refractivity contribution in [1.82, 2.24) is 5.16 Å². The van der Waals surface area contributed by atoms with E-state index in [1.807, 2.05) is 36.4 Å². The third-order valence-corrected chi connectivity index (χ3v) is 3.04. The molecule has 1 heterocycles. The molecule has 3 nitrogen and oxygen atoms in total. The molecule has 2 aromatic carbocycles. The molecule has 0 amide bonds. The Morgan fingerprint density at radius 2 is 1.82 bits per heavy atom. The fourth-order valence-electron chi connectivity index (χ4n) is 1.80. The van der Waals surface area contributed by atoms with Crippen molar-refractivity contribution >= 4 is 28.2 Å². The van der Waals surface area contributed by atoms with Gasteiger partial charge >= 0.3 is 0 Å². The lowest BCUT2D eigenvalue weighted by molar-refractivity contribution is 0.436. The van der Waals surface area contributed by atoms with Crippen molar-refractivity contribution in [3.8, 4) is 11.3 Å². The molecule has 2 N–H and O–H groups in total. The van der Waals surface area contributed by atoms with Gasteiger partial charge in [-0.3, -0.25) is 0 Å². The Kier molecular flexibility index (Phi) is 2.27. The molecule has 0 aliphatic rings. The maximum atomic E-state index is 6.01. The Morgan fingerprint density at radius 3 is 2.53 bits per heavy atom. The average molecular weight is 245 g/mol. The molecule has 1 aromatic heterocycles. The van der Waals surface area contributed by atoms with Crippen LogP contribution in [0, 0.1) is 0 Å². The highest BCUT2D eigenvalue weighted by molar-refractivity contribution is 6.35. The number of aromatic nitrogens is 1. The van der Waals surface area contributed by atoms with Gasteiger partial charge in [-0.2, -0.15) is 0 Å². The van der Waals surface area contributed by atoms with E-state index in [0.29, 0.717) is 10.8 Å². The monoisotopic (exact) mass is 244 g/mol. The predicted molar refractivity (Wildman–Crippen MR) is 68.9 cm³/mol. The molecule has 84 valence electrons. The summed E-state index contributed by atoms with van der Waals surface area (Å²) < 4.78 is 5.12. The summed E-state index contributed by atoms with van der Waals surface area (Å²) >= 11 is 6.01. The Hall–Kier alpha value is -2.00. The number of nitrogens with zero attached hydrogens (tertiary/aromatic N) is 1. The van der Waals surface area contributed by atoms with Crippen LogP contribution < -0.4 is 5.73 Å². The third-order valence-electron chi connectivity index (χ3n) is 2.67. The molecule has 4 heteroatoms. The highest BCUT2D eigenvalue weighted by atomic mass is 35.5. The number of halogens is 1. The standard InChI is InChI=1S/C13H9ClN2O/c14-11-12(17-16-13(11)15)10-6-5-8-3-1-2-4-9(8)7-10/h1-7H,(H2,15,16). The summed E-state index contributed by atoms with van der Waals surface area (Å²) in [6.45, 7) is 0. The lowest BCUT2D eigenvalue weighted by Gasteiger charge is -2.00. The first-order chi connectivity index (χ1) is 8.25. The van der Waals surface area contributed by atoms with Gasteiger partial charge in [-0.15, -0.1) is 0 Å². The number of rotatable bonds is 1. The van der Waals surface area contributed by atoms with Gasteiger partial charge in [-0.25, -0.2) is 0 Å². The minimum Gasteiger partial charge on any atom is -0.380 e. The van der Waals surface area contributed by atoms with E-state index < -0.39 is 0 Å². The van der Waals surface area contributed by atoms with Crippen LogP contribution in [0.4, 0.5) is 5.82 Å². The smallest absolute Gasteiger partial charge is 0.187 e. The minimum atomic E-state index is 0.217. The molecule has 0 aliphatic carbocycles. The van der Waals surface area contributed by atoms with Crippen LogP contribution in [0.1, 0.15) is 0 Å². The summed E-state index contributed by atoms with van der Waals surface area (Å²) in [6, 6.07) is 14.0. The number of nitrogens with two attached hydrogens (primary N) is 1. The maximum Gasteiger partial charge on any atom is 0.187 e. The van der Waals surface area contributed by atoms with E-state index in [4.69, 9.17) is 21.9 Å². The Bertz CT molecular complexity index is 691. The van der Waals surface area contributed by atoms with Gasteiger partial charge in [-0.05, 0) is 16.8 Å². The molecule has 0 saturated carbocycles. The van der Waals surface area contributed by atoms with Crippen molar-refractivity contribution in [3.05, 3.63) is 47.5 Å². The van der Waals surface area contributed by atoms with Crippen molar-refractivity contribution in [1.29, 1.82) is 0 Å². The first kappa shape index (κ1) is 10.2. The van der Waals surface area contributed by atoms with Gasteiger partial charge in [0.1, 0.15) is 5.02 Å². The average Bonchev–Trinajstić information content (AvgIpc) is 2.70. The number of hydrogen-bond donors (Lipinski definition) is 1. The number of hydrogen-bond acceptors (Lipinski definition) is 3. The molecule has 3 aromatic rings. The van der Waals surface area contributed by atoms with Crippen LogP contribution in [0.2, 0.25) is 5.02 Å². The topological polar surface area (TPSA) is 52.0 Å². The zero-order chi connectivity index (χ0) is 11.8. The quantitative estimate of drug-likeness (QED) is 0.710. The van der Waals surface area contributed by atoms with Gasteiger partial charge in [0, 0.05) is 5.56 Å². The lowest BCUT2D eigenvalue weighted by Crippen LogP contribution is -1.83. The molecule has 0 radical (unpaired) electrons. The molecule has 0 fully saturated rings. The summed E-state index contributed by atoms with van der Waals surface area (Å²) in [5, 5.41) is 6.29. The van der Waals surface area contributed by atoms with Crippen LogP contribution in [0.3, 0.4) is 0 Å². The molecular weight excluding hydrogens is 236 g/mol. The van der Waals surface area contributed by atoms with Gasteiger partial charge < -0.3 is 10.3 Å². The molecule has 0 aliphatic heterocycles. The summed E-state index contributed by atoms with van der Waals surface area (Å²) in [7, 11) is 0. The first-order valence-corrected chi connectivity index (χ1v) is 5.53. The van der Waals surface area contributed by atoms with Crippen molar-refractivity contribution < 1.29 is 4.52 Å². The van der Waals surface area contributed by atoms with E-state index in [0.717, 1.165) is 10.9 Å². The van der Waals surface area contributed by atoms with E-state index in [1.54, 1.807) is 0 Å². The molecule has 0 spiro atoms. The van der Waals surface area contributed by atoms with E-state index >= 15 is 0 Å². The van der Waals surface area contributed by atoms with E-state index in [9.17, 15) is 0 Å². The zero-order valence-corrected chi connectivity index (χ0v) is 9.61. The Balaban J connectivity index is 2.21. The number of anilines is 1. The number of benzene rings is 2. The maximum absolute atomic E-state index is 6.01. The predicted octanol–water partition coefficient (Wildman–Crippen LogP) is 3.73. The van der Waals surface area contributed by atoms with E-state index in [2.05, 4.69) is 11.2 Å². The van der Waals surface area contributed by atoms with Crippen LogP contribution in [0.25, 0.3) is 22.1 Å². The van der Waals surface area contributed by atoms with Crippen LogP contribution in [-0.4, -0.2) is 5.16 Å². The molecule has 0 bridgehead atoms. The molecule has 0 saturated heterocycles. The first-order valence-electron chi connectivity index (χ1n) is 5.15. The second-order valence-corrected chi connectivity index (χ2v) is 4.15. The van der Waals surface area contributed by atoms with E-state index in [1.165, 1.54) is 5.39 Å². The van der Waals surface area contributed by atoms with Gasteiger partial charge in [0.05, 0.1) is 0 Å². The van der Waals surface area contributed by atoms with Crippen molar-refractivity contribution in [2.24, 2.45) is 0 Å². The van der Waals surface area contributed by atoms with Crippen LogP contribution >= 0.6 is 11.6 Å². The molecule has 17 heavy (non-hydrogen) atoms.